The normalized spacial score (nSPS) is 27.1. The van der Waals surface area contributed by atoms with Crippen LogP contribution in [0, 0.1) is 0 Å². The predicted octanol–water partition coefficient (Wildman–Crippen LogP) is 3.12. The Kier molecular flexibility index (Phi) is 4.79. The Morgan fingerprint density at radius 1 is 1.17 bits per heavy atom. The molecular formula is C16H25NO. The number of hydrogen-bond acceptors (Lipinski definition) is 2. The Bertz CT molecular complexity index is 341. The second kappa shape index (κ2) is 6.35. The molecule has 0 amide bonds. The number of benzene rings is 1. The second-order valence-electron chi connectivity index (χ2n) is 5.58. The number of hydrogen-bond donors (Lipinski definition) is 0. The van der Waals surface area contributed by atoms with Gasteiger partial charge in [-0.1, -0.05) is 30.3 Å². The Morgan fingerprint density at radius 2 is 1.78 bits per heavy atom. The molecule has 0 saturated carbocycles. The molecule has 3 atom stereocenters. The van der Waals surface area contributed by atoms with Gasteiger partial charge in [-0.3, -0.25) is 4.90 Å². The molecule has 0 radical (unpaired) electrons. The smallest absolute Gasteiger partial charge is 0.0678 e. The van der Waals surface area contributed by atoms with Crippen LogP contribution in [0.2, 0.25) is 0 Å². The lowest BCUT2D eigenvalue weighted by Gasteiger charge is -2.39. The van der Waals surface area contributed by atoms with Gasteiger partial charge < -0.3 is 4.74 Å². The number of rotatable bonds is 4. The number of morpholine rings is 1. The molecule has 100 valence electrons. The fraction of sp³-hybridized carbons (Fsp3) is 0.625. The molecule has 0 spiro atoms. The van der Waals surface area contributed by atoms with Crippen LogP contribution < -0.4 is 0 Å². The van der Waals surface area contributed by atoms with Crippen LogP contribution in [0.15, 0.2) is 30.3 Å². The monoisotopic (exact) mass is 247 g/mol. The average Bonchev–Trinajstić information content (AvgIpc) is 2.36. The highest BCUT2D eigenvalue weighted by Crippen LogP contribution is 2.16. The Labute approximate surface area is 111 Å². The molecule has 1 fully saturated rings. The fourth-order valence-corrected chi connectivity index (χ4v) is 2.78. The van der Waals surface area contributed by atoms with Crippen LogP contribution in [0.4, 0.5) is 0 Å². The highest BCUT2D eigenvalue weighted by Gasteiger charge is 2.25. The molecule has 2 nitrogen and oxygen atoms in total. The molecule has 0 bridgehead atoms. The van der Waals surface area contributed by atoms with E-state index in [2.05, 4.69) is 56.0 Å². The van der Waals surface area contributed by atoms with Crippen molar-refractivity contribution in [1.29, 1.82) is 0 Å². The van der Waals surface area contributed by atoms with E-state index in [0.717, 1.165) is 13.1 Å². The Morgan fingerprint density at radius 3 is 2.39 bits per heavy atom. The molecule has 1 aliphatic rings. The fourth-order valence-electron chi connectivity index (χ4n) is 2.78. The first-order valence-corrected chi connectivity index (χ1v) is 7.08. The number of nitrogens with zero attached hydrogens (tertiary/aromatic N) is 1. The summed E-state index contributed by atoms with van der Waals surface area (Å²) in [6, 6.07) is 11.4. The Hall–Kier alpha value is -0.860. The first-order chi connectivity index (χ1) is 8.65. The lowest BCUT2D eigenvalue weighted by atomic mass is 10.0. The molecule has 3 unspecified atom stereocenters. The first-order valence-electron chi connectivity index (χ1n) is 7.08. The summed E-state index contributed by atoms with van der Waals surface area (Å²) in [5.41, 5.74) is 1.44. The van der Waals surface area contributed by atoms with E-state index in [-0.39, 0.29) is 0 Å². The summed E-state index contributed by atoms with van der Waals surface area (Å²) in [7, 11) is 0. The van der Waals surface area contributed by atoms with Crippen LogP contribution in [-0.2, 0) is 11.2 Å². The Balaban J connectivity index is 1.82. The molecule has 0 N–H and O–H groups in total. The van der Waals surface area contributed by atoms with Crippen molar-refractivity contribution in [2.24, 2.45) is 0 Å². The minimum atomic E-state index is 0.368. The molecule has 1 aromatic carbocycles. The van der Waals surface area contributed by atoms with Crippen LogP contribution in [0.5, 0.6) is 0 Å². The van der Waals surface area contributed by atoms with Gasteiger partial charge in [0.2, 0.25) is 0 Å². The zero-order chi connectivity index (χ0) is 13.0. The SMILES string of the molecule is CC1CN(C(C)CCc2ccccc2)CC(C)O1. The van der Waals surface area contributed by atoms with Gasteiger partial charge in [-0.2, -0.15) is 0 Å². The van der Waals surface area contributed by atoms with E-state index in [4.69, 9.17) is 4.74 Å². The van der Waals surface area contributed by atoms with Crippen molar-refractivity contribution < 1.29 is 4.74 Å². The number of aryl methyl sites for hydroxylation is 1. The van der Waals surface area contributed by atoms with Crippen LogP contribution in [0.25, 0.3) is 0 Å². The zero-order valence-electron chi connectivity index (χ0n) is 11.8. The highest BCUT2D eigenvalue weighted by atomic mass is 16.5. The maximum Gasteiger partial charge on any atom is 0.0678 e. The predicted molar refractivity (Wildman–Crippen MR) is 75.8 cm³/mol. The summed E-state index contributed by atoms with van der Waals surface area (Å²) in [6.07, 6.45) is 3.13. The van der Waals surface area contributed by atoms with Crippen molar-refractivity contribution in [2.75, 3.05) is 13.1 Å². The van der Waals surface area contributed by atoms with Crippen LogP contribution in [-0.4, -0.2) is 36.2 Å². The van der Waals surface area contributed by atoms with Crippen LogP contribution >= 0.6 is 0 Å². The van der Waals surface area contributed by atoms with E-state index >= 15 is 0 Å². The van der Waals surface area contributed by atoms with Gasteiger partial charge in [0, 0.05) is 19.1 Å². The van der Waals surface area contributed by atoms with Gasteiger partial charge in [0.05, 0.1) is 12.2 Å². The molecule has 2 heteroatoms. The van der Waals surface area contributed by atoms with Crippen LogP contribution in [0.1, 0.15) is 32.8 Å². The second-order valence-corrected chi connectivity index (χ2v) is 5.58. The molecular weight excluding hydrogens is 222 g/mol. The quantitative estimate of drug-likeness (QED) is 0.810. The summed E-state index contributed by atoms with van der Waals surface area (Å²) in [5.74, 6) is 0. The minimum Gasteiger partial charge on any atom is -0.373 e. The molecule has 18 heavy (non-hydrogen) atoms. The van der Waals surface area contributed by atoms with E-state index in [0.29, 0.717) is 18.2 Å². The third-order valence-electron chi connectivity index (χ3n) is 3.76. The highest BCUT2D eigenvalue weighted by molar-refractivity contribution is 5.14. The summed E-state index contributed by atoms with van der Waals surface area (Å²) < 4.78 is 5.79. The summed E-state index contributed by atoms with van der Waals surface area (Å²) >= 11 is 0. The number of ether oxygens (including phenoxy) is 1. The molecule has 1 saturated heterocycles. The largest absolute Gasteiger partial charge is 0.373 e. The van der Waals surface area contributed by atoms with Gasteiger partial charge in [0.15, 0.2) is 0 Å². The van der Waals surface area contributed by atoms with Gasteiger partial charge in [0.25, 0.3) is 0 Å². The minimum absolute atomic E-state index is 0.368. The lowest BCUT2D eigenvalue weighted by molar-refractivity contribution is -0.0790. The average molecular weight is 247 g/mol. The molecule has 0 aliphatic carbocycles. The molecule has 2 rings (SSSR count). The van der Waals surface area contributed by atoms with E-state index in [1.165, 1.54) is 18.4 Å². The van der Waals surface area contributed by atoms with E-state index in [1.54, 1.807) is 0 Å². The van der Waals surface area contributed by atoms with Crippen molar-refractivity contribution in [1.82, 2.24) is 4.90 Å². The third-order valence-corrected chi connectivity index (χ3v) is 3.76. The molecule has 1 heterocycles. The van der Waals surface area contributed by atoms with E-state index < -0.39 is 0 Å². The van der Waals surface area contributed by atoms with Crippen molar-refractivity contribution >= 4 is 0 Å². The summed E-state index contributed by atoms with van der Waals surface area (Å²) in [4.78, 5) is 2.57. The topological polar surface area (TPSA) is 12.5 Å². The van der Waals surface area contributed by atoms with Gasteiger partial charge in [-0.05, 0) is 39.2 Å². The maximum absolute atomic E-state index is 5.79. The molecule has 1 aromatic rings. The lowest BCUT2D eigenvalue weighted by Crippen LogP contribution is -2.49. The van der Waals surface area contributed by atoms with Gasteiger partial charge in [0.1, 0.15) is 0 Å². The van der Waals surface area contributed by atoms with Crippen molar-refractivity contribution in [2.45, 2.75) is 51.9 Å². The summed E-state index contributed by atoms with van der Waals surface area (Å²) in [5, 5.41) is 0. The van der Waals surface area contributed by atoms with Gasteiger partial charge in [-0.25, -0.2) is 0 Å². The van der Waals surface area contributed by atoms with Crippen molar-refractivity contribution in [3.8, 4) is 0 Å². The maximum atomic E-state index is 5.79. The first kappa shape index (κ1) is 13.6. The third kappa shape index (κ3) is 3.82. The molecule has 1 aliphatic heterocycles. The van der Waals surface area contributed by atoms with Crippen molar-refractivity contribution in [3.05, 3.63) is 35.9 Å². The van der Waals surface area contributed by atoms with Gasteiger partial charge in [-0.15, -0.1) is 0 Å². The molecule has 0 aromatic heterocycles. The zero-order valence-corrected chi connectivity index (χ0v) is 11.8. The van der Waals surface area contributed by atoms with E-state index in [9.17, 15) is 0 Å². The standard InChI is InChI=1S/C16H25NO/c1-13(9-10-16-7-5-4-6-8-16)17-11-14(2)18-15(3)12-17/h4-8,13-15H,9-12H2,1-3H3. The summed E-state index contributed by atoms with van der Waals surface area (Å²) in [6.45, 7) is 8.83. The van der Waals surface area contributed by atoms with Crippen molar-refractivity contribution in [3.63, 3.8) is 0 Å². The van der Waals surface area contributed by atoms with Crippen LogP contribution in [0.3, 0.4) is 0 Å². The van der Waals surface area contributed by atoms with E-state index in [1.807, 2.05) is 0 Å². The van der Waals surface area contributed by atoms with Gasteiger partial charge >= 0.3 is 0 Å².